The lowest BCUT2D eigenvalue weighted by atomic mass is 10.1. The Morgan fingerprint density at radius 2 is 2.14 bits per heavy atom. The van der Waals surface area contributed by atoms with E-state index in [1.54, 1.807) is 6.92 Å². The van der Waals surface area contributed by atoms with Crippen LogP contribution in [0, 0.1) is 5.82 Å². The Bertz CT molecular complexity index is 402. The fraction of sp³-hybridized carbons (Fsp3) is 0.250. The van der Waals surface area contributed by atoms with E-state index in [-0.39, 0.29) is 10.0 Å². The van der Waals surface area contributed by atoms with E-state index in [4.69, 9.17) is 28.7 Å². The molecule has 0 saturated carbocycles. The number of benzene rings is 1. The van der Waals surface area contributed by atoms with Crippen molar-refractivity contribution in [3.05, 3.63) is 44.0 Å². The third-order valence-corrected chi connectivity index (χ3v) is 2.44. The van der Waals surface area contributed by atoms with Gasteiger partial charge in [0.15, 0.2) is 0 Å². The number of nitrogens with zero attached hydrogens (tertiary/aromatic N) is 3. The van der Waals surface area contributed by atoms with Gasteiger partial charge in [-0.15, -0.1) is 0 Å². The molecule has 0 bridgehead atoms. The van der Waals surface area contributed by atoms with E-state index in [9.17, 15) is 4.39 Å². The molecular formula is C8H6Cl2FN3. The highest BCUT2D eigenvalue weighted by molar-refractivity contribution is 6.36. The Morgan fingerprint density at radius 3 is 2.71 bits per heavy atom. The standard InChI is InChI=1S/C8H6Cl2FN3/c1-4(13-14-12)7-5(9)2-3-6(11)8(7)10/h2-4H,1H3. The Hall–Kier alpha value is -0.960. The van der Waals surface area contributed by atoms with Gasteiger partial charge in [-0.2, -0.15) is 0 Å². The minimum absolute atomic E-state index is 0.0996. The van der Waals surface area contributed by atoms with Crippen LogP contribution in [0.2, 0.25) is 10.0 Å². The molecular weight excluding hydrogens is 228 g/mol. The maximum Gasteiger partial charge on any atom is 0.142 e. The lowest BCUT2D eigenvalue weighted by Crippen LogP contribution is -1.94. The second kappa shape index (κ2) is 4.51. The lowest BCUT2D eigenvalue weighted by molar-refractivity contribution is 0.623. The van der Waals surface area contributed by atoms with Crippen LogP contribution in [0.4, 0.5) is 4.39 Å². The van der Waals surface area contributed by atoms with Crippen LogP contribution in [0.15, 0.2) is 17.2 Å². The maximum atomic E-state index is 13.0. The molecule has 0 aliphatic heterocycles. The molecule has 74 valence electrons. The summed E-state index contributed by atoms with van der Waals surface area (Å²) in [7, 11) is 0. The van der Waals surface area contributed by atoms with Gasteiger partial charge in [0.1, 0.15) is 5.82 Å². The monoisotopic (exact) mass is 233 g/mol. The molecule has 0 radical (unpaired) electrons. The minimum Gasteiger partial charge on any atom is -0.205 e. The number of rotatable bonds is 2. The Balaban J connectivity index is 3.31. The summed E-state index contributed by atoms with van der Waals surface area (Å²) in [6.07, 6.45) is 0. The molecule has 1 atom stereocenters. The molecule has 1 aromatic carbocycles. The largest absolute Gasteiger partial charge is 0.205 e. The van der Waals surface area contributed by atoms with E-state index < -0.39 is 11.9 Å². The normalized spacial score (nSPS) is 12.0. The van der Waals surface area contributed by atoms with Crippen molar-refractivity contribution < 1.29 is 4.39 Å². The Labute approximate surface area is 90.1 Å². The first-order valence-corrected chi connectivity index (χ1v) is 4.51. The van der Waals surface area contributed by atoms with Crippen molar-refractivity contribution in [3.63, 3.8) is 0 Å². The van der Waals surface area contributed by atoms with Crippen molar-refractivity contribution in [1.29, 1.82) is 0 Å². The summed E-state index contributed by atoms with van der Waals surface area (Å²) >= 11 is 11.5. The van der Waals surface area contributed by atoms with Gasteiger partial charge in [-0.25, -0.2) is 4.39 Å². The predicted octanol–water partition coefficient (Wildman–Crippen LogP) is 4.50. The Kier molecular flexibility index (Phi) is 3.58. The van der Waals surface area contributed by atoms with E-state index in [0.717, 1.165) is 6.07 Å². The van der Waals surface area contributed by atoms with Crippen molar-refractivity contribution in [3.8, 4) is 0 Å². The molecule has 0 saturated heterocycles. The van der Waals surface area contributed by atoms with E-state index >= 15 is 0 Å². The van der Waals surface area contributed by atoms with Crippen LogP contribution in [0.1, 0.15) is 18.5 Å². The summed E-state index contributed by atoms with van der Waals surface area (Å²) in [5.74, 6) is -0.578. The number of hydrogen-bond donors (Lipinski definition) is 0. The molecule has 1 rings (SSSR count). The van der Waals surface area contributed by atoms with Crippen molar-refractivity contribution in [2.75, 3.05) is 0 Å². The molecule has 0 N–H and O–H groups in total. The second-order valence-corrected chi connectivity index (χ2v) is 3.42. The summed E-state index contributed by atoms with van der Waals surface area (Å²) in [5, 5.41) is 3.59. The highest BCUT2D eigenvalue weighted by Gasteiger charge is 2.15. The zero-order chi connectivity index (χ0) is 10.7. The van der Waals surface area contributed by atoms with Gasteiger partial charge < -0.3 is 0 Å². The van der Waals surface area contributed by atoms with E-state index in [1.807, 2.05) is 0 Å². The molecule has 0 amide bonds. The molecule has 3 nitrogen and oxygen atoms in total. The average molecular weight is 234 g/mol. The van der Waals surface area contributed by atoms with Gasteiger partial charge in [-0.05, 0) is 17.7 Å². The van der Waals surface area contributed by atoms with Crippen LogP contribution in [0.3, 0.4) is 0 Å². The highest BCUT2D eigenvalue weighted by atomic mass is 35.5. The molecule has 14 heavy (non-hydrogen) atoms. The van der Waals surface area contributed by atoms with Crippen molar-refractivity contribution in [2.45, 2.75) is 13.0 Å². The molecule has 1 unspecified atom stereocenters. The summed E-state index contributed by atoms with van der Waals surface area (Å²) in [6, 6.07) is 1.95. The van der Waals surface area contributed by atoms with Crippen molar-refractivity contribution >= 4 is 23.2 Å². The number of halogens is 3. The van der Waals surface area contributed by atoms with Gasteiger partial charge in [0.2, 0.25) is 0 Å². The van der Waals surface area contributed by atoms with Gasteiger partial charge >= 0.3 is 0 Å². The topological polar surface area (TPSA) is 48.8 Å². The molecule has 0 aliphatic carbocycles. The molecule has 0 heterocycles. The predicted molar refractivity (Wildman–Crippen MR) is 54.0 cm³/mol. The fourth-order valence-electron chi connectivity index (χ4n) is 1.06. The SMILES string of the molecule is CC(N=[N+]=[N-])c1c(Cl)ccc(F)c1Cl. The second-order valence-electron chi connectivity index (χ2n) is 2.64. The van der Waals surface area contributed by atoms with E-state index in [0.29, 0.717) is 5.56 Å². The summed E-state index contributed by atoms with van der Waals surface area (Å²) in [4.78, 5) is 2.61. The summed E-state index contributed by atoms with van der Waals surface area (Å²) in [5.41, 5.74) is 8.54. The third-order valence-electron chi connectivity index (χ3n) is 1.72. The van der Waals surface area contributed by atoms with Gasteiger partial charge in [-0.1, -0.05) is 35.2 Å². The average Bonchev–Trinajstić information content (AvgIpc) is 2.13. The molecule has 1 aromatic rings. The van der Waals surface area contributed by atoms with Gasteiger partial charge in [0, 0.05) is 15.5 Å². The first kappa shape index (κ1) is 11.1. The van der Waals surface area contributed by atoms with Crippen LogP contribution >= 0.6 is 23.2 Å². The Morgan fingerprint density at radius 1 is 1.50 bits per heavy atom. The lowest BCUT2D eigenvalue weighted by Gasteiger charge is -2.10. The van der Waals surface area contributed by atoms with Crippen LogP contribution in [-0.2, 0) is 0 Å². The number of hydrogen-bond acceptors (Lipinski definition) is 1. The number of azide groups is 1. The third kappa shape index (κ3) is 2.10. The highest BCUT2D eigenvalue weighted by Crippen LogP contribution is 2.33. The molecule has 0 fully saturated rings. The molecule has 0 aromatic heterocycles. The first-order valence-electron chi connectivity index (χ1n) is 3.75. The van der Waals surface area contributed by atoms with Crippen LogP contribution in [-0.4, -0.2) is 0 Å². The quantitative estimate of drug-likeness (QED) is 0.313. The smallest absolute Gasteiger partial charge is 0.142 e. The molecule has 0 aliphatic rings. The molecule has 6 heteroatoms. The van der Waals surface area contributed by atoms with Crippen molar-refractivity contribution in [1.82, 2.24) is 0 Å². The van der Waals surface area contributed by atoms with Crippen LogP contribution in [0.25, 0.3) is 10.4 Å². The van der Waals surface area contributed by atoms with Crippen LogP contribution in [0.5, 0.6) is 0 Å². The van der Waals surface area contributed by atoms with Gasteiger partial charge in [0.05, 0.1) is 11.1 Å². The van der Waals surface area contributed by atoms with E-state index in [1.165, 1.54) is 6.07 Å². The molecule has 0 spiro atoms. The van der Waals surface area contributed by atoms with Gasteiger partial charge in [-0.3, -0.25) is 0 Å². The first-order chi connectivity index (χ1) is 6.57. The minimum atomic E-state index is -0.587. The van der Waals surface area contributed by atoms with Crippen LogP contribution < -0.4 is 0 Å². The zero-order valence-corrected chi connectivity index (χ0v) is 8.72. The summed E-state index contributed by atoms with van der Waals surface area (Å²) < 4.78 is 13.0. The van der Waals surface area contributed by atoms with Crippen molar-refractivity contribution in [2.24, 2.45) is 5.11 Å². The fourth-order valence-corrected chi connectivity index (χ4v) is 1.75. The summed E-state index contributed by atoms with van der Waals surface area (Å²) in [6.45, 7) is 1.59. The van der Waals surface area contributed by atoms with E-state index in [2.05, 4.69) is 10.0 Å². The van der Waals surface area contributed by atoms with Gasteiger partial charge in [0.25, 0.3) is 0 Å². The maximum absolute atomic E-state index is 13.0. The zero-order valence-electron chi connectivity index (χ0n) is 7.21.